The molecule has 1 aliphatic heterocycles. The first-order chi connectivity index (χ1) is 11.7. The molecule has 0 unspecified atom stereocenters. The number of amides is 1. The van der Waals surface area contributed by atoms with E-state index in [1.807, 2.05) is 45.9 Å². The van der Waals surface area contributed by atoms with Gasteiger partial charge in [0.05, 0.1) is 11.2 Å². The predicted octanol–water partition coefficient (Wildman–Crippen LogP) is 3.38. The molecule has 2 aromatic carbocycles. The van der Waals surface area contributed by atoms with Crippen LogP contribution in [0, 0.1) is 5.82 Å². The molecule has 0 radical (unpaired) electrons. The van der Waals surface area contributed by atoms with Gasteiger partial charge in [-0.25, -0.2) is 4.39 Å². The fourth-order valence-electron chi connectivity index (χ4n) is 2.55. The Labute approximate surface area is 147 Å². The largest absolute Gasteiger partial charge is 0.497 e. The van der Waals surface area contributed by atoms with Gasteiger partial charge in [-0.2, -0.15) is 0 Å². The lowest BCUT2D eigenvalue weighted by Gasteiger charge is -2.32. The second kappa shape index (κ2) is 6.28. The van der Waals surface area contributed by atoms with Crippen LogP contribution < -0.4 is 10.8 Å². The van der Waals surface area contributed by atoms with Crippen molar-refractivity contribution >= 4 is 24.2 Å². The number of hydrogen-bond acceptors (Lipinski definition) is 3. The molecular weight excluding hydrogens is 320 g/mol. The van der Waals surface area contributed by atoms with Crippen molar-refractivity contribution in [1.29, 1.82) is 0 Å². The van der Waals surface area contributed by atoms with Gasteiger partial charge in [-0.15, -0.1) is 0 Å². The van der Waals surface area contributed by atoms with E-state index >= 15 is 0 Å². The fourth-order valence-corrected chi connectivity index (χ4v) is 2.55. The summed E-state index contributed by atoms with van der Waals surface area (Å²) in [5.74, 6) is -0.898. The highest BCUT2D eigenvalue weighted by atomic mass is 19.1. The van der Waals surface area contributed by atoms with Crippen LogP contribution in [0.15, 0.2) is 48.5 Å². The molecule has 4 nitrogen and oxygen atoms in total. The van der Waals surface area contributed by atoms with Crippen LogP contribution in [0.1, 0.15) is 38.1 Å². The van der Waals surface area contributed by atoms with Crippen molar-refractivity contribution in [1.82, 2.24) is 0 Å². The topological polar surface area (TPSA) is 47.6 Å². The number of nitrogens with one attached hydrogen (secondary N) is 1. The van der Waals surface area contributed by atoms with Crippen molar-refractivity contribution in [3.05, 3.63) is 59.9 Å². The Kier molecular flexibility index (Phi) is 4.43. The Morgan fingerprint density at radius 2 is 1.60 bits per heavy atom. The third kappa shape index (κ3) is 3.46. The first kappa shape index (κ1) is 17.6. The van der Waals surface area contributed by atoms with Crippen LogP contribution >= 0.6 is 0 Å². The highest BCUT2D eigenvalue weighted by molar-refractivity contribution is 6.62. The molecule has 0 saturated carbocycles. The van der Waals surface area contributed by atoms with Gasteiger partial charge in [0, 0.05) is 16.7 Å². The van der Waals surface area contributed by atoms with Gasteiger partial charge in [-0.1, -0.05) is 24.3 Å². The molecule has 6 heteroatoms. The third-order valence-corrected chi connectivity index (χ3v) is 4.80. The molecule has 2 aromatic rings. The van der Waals surface area contributed by atoms with Crippen LogP contribution in [0.2, 0.25) is 0 Å². The van der Waals surface area contributed by atoms with Gasteiger partial charge in [0.2, 0.25) is 0 Å². The van der Waals surface area contributed by atoms with Gasteiger partial charge >= 0.3 is 7.12 Å². The van der Waals surface area contributed by atoms with E-state index in [2.05, 4.69) is 5.32 Å². The number of rotatable bonds is 3. The third-order valence-electron chi connectivity index (χ3n) is 4.80. The van der Waals surface area contributed by atoms with Crippen molar-refractivity contribution in [2.75, 3.05) is 5.32 Å². The number of benzene rings is 2. The molecule has 0 aliphatic carbocycles. The predicted molar refractivity (Wildman–Crippen MR) is 96.5 cm³/mol. The zero-order chi connectivity index (χ0) is 18.2. The summed E-state index contributed by atoms with van der Waals surface area (Å²) in [6.45, 7) is 7.64. The number of para-hydroxylation sites is 1. The van der Waals surface area contributed by atoms with Crippen LogP contribution in [-0.2, 0) is 9.31 Å². The van der Waals surface area contributed by atoms with Gasteiger partial charge in [-0.3, -0.25) is 4.79 Å². The molecule has 0 bridgehead atoms. The van der Waals surface area contributed by atoms with Crippen LogP contribution in [0.5, 0.6) is 0 Å². The number of anilines is 1. The maximum atomic E-state index is 14.6. The minimum atomic E-state index is -0.795. The SMILES string of the molecule is CC1(C)OB(c2ccc(C(=O)Nc3ccccc3)cc2F)OC1(C)C. The van der Waals surface area contributed by atoms with Crippen LogP contribution in [0.4, 0.5) is 10.1 Å². The lowest BCUT2D eigenvalue weighted by atomic mass is 9.78. The number of hydrogen-bond donors (Lipinski definition) is 1. The molecular formula is C19H21BFNO3. The molecule has 1 N–H and O–H groups in total. The van der Waals surface area contributed by atoms with Crippen LogP contribution in [0.3, 0.4) is 0 Å². The van der Waals surface area contributed by atoms with Gasteiger partial charge in [0.25, 0.3) is 5.91 Å². The second-order valence-electron chi connectivity index (χ2n) is 7.14. The number of halogens is 1. The highest BCUT2D eigenvalue weighted by Crippen LogP contribution is 2.36. The summed E-state index contributed by atoms with van der Waals surface area (Å²) in [6, 6.07) is 13.3. The lowest BCUT2D eigenvalue weighted by Crippen LogP contribution is -2.41. The molecule has 0 aromatic heterocycles. The first-order valence-corrected chi connectivity index (χ1v) is 8.21. The van der Waals surface area contributed by atoms with E-state index in [4.69, 9.17) is 9.31 Å². The zero-order valence-electron chi connectivity index (χ0n) is 14.8. The standard InChI is InChI=1S/C19H21BFNO3/c1-18(2)19(3,4)25-20(24-18)15-11-10-13(12-16(15)21)17(23)22-14-8-6-5-7-9-14/h5-12H,1-4H3,(H,22,23). The summed E-state index contributed by atoms with van der Waals surface area (Å²) in [5.41, 5.74) is 0.0838. The van der Waals surface area contributed by atoms with Crippen molar-refractivity contribution in [3.63, 3.8) is 0 Å². The van der Waals surface area contributed by atoms with Crippen LogP contribution in [0.25, 0.3) is 0 Å². The summed E-state index contributed by atoms with van der Waals surface area (Å²) in [5, 5.41) is 2.73. The monoisotopic (exact) mass is 341 g/mol. The van der Waals surface area contributed by atoms with E-state index < -0.39 is 24.1 Å². The van der Waals surface area contributed by atoms with E-state index in [1.165, 1.54) is 12.1 Å². The zero-order valence-corrected chi connectivity index (χ0v) is 14.8. The molecule has 1 saturated heterocycles. The van der Waals surface area contributed by atoms with E-state index in [9.17, 15) is 9.18 Å². The Hall–Kier alpha value is -2.18. The summed E-state index contributed by atoms with van der Waals surface area (Å²) in [4.78, 5) is 12.3. The van der Waals surface area contributed by atoms with Crippen molar-refractivity contribution in [2.24, 2.45) is 0 Å². The minimum absolute atomic E-state index is 0.238. The fraction of sp³-hybridized carbons (Fsp3) is 0.316. The normalized spacial score (nSPS) is 18.2. The molecule has 3 rings (SSSR count). The van der Waals surface area contributed by atoms with Crippen molar-refractivity contribution < 1.29 is 18.5 Å². The van der Waals surface area contributed by atoms with Crippen LogP contribution in [-0.4, -0.2) is 24.2 Å². The second-order valence-corrected chi connectivity index (χ2v) is 7.14. The Morgan fingerprint density at radius 3 is 2.16 bits per heavy atom. The molecule has 1 amide bonds. The molecule has 1 aliphatic rings. The van der Waals surface area contributed by atoms with E-state index in [0.29, 0.717) is 5.69 Å². The average Bonchev–Trinajstić information content (AvgIpc) is 2.76. The summed E-state index contributed by atoms with van der Waals surface area (Å²) in [7, 11) is -0.795. The van der Waals surface area contributed by atoms with E-state index in [0.717, 1.165) is 0 Å². The minimum Gasteiger partial charge on any atom is -0.399 e. The maximum absolute atomic E-state index is 14.6. The Morgan fingerprint density at radius 1 is 1.00 bits per heavy atom. The van der Waals surface area contributed by atoms with Crippen molar-refractivity contribution in [3.8, 4) is 0 Å². The lowest BCUT2D eigenvalue weighted by molar-refractivity contribution is 0.00578. The molecule has 1 heterocycles. The maximum Gasteiger partial charge on any atom is 0.497 e. The molecule has 1 fully saturated rings. The summed E-state index contributed by atoms with van der Waals surface area (Å²) in [6.07, 6.45) is 0. The Bertz CT molecular complexity index is 777. The molecule has 0 spiro atoms. The Balaban J connectivity index is 1.79. The first-order valence-electron chi connectivity index (χ1n) is 8.21. The molecule has 0 atom stereocenters. The van der Waals surface area contributed by atoms with E-state index in [1.54, 1.807) is 18.2 Å². The average molecular weight is 341 g/mol. The van der Waals surface area contributed by atoms with Gasteiger partial charge < -0.3 is 14.6 Å². The van der Waals surface area contributed by atoms with Gasteiger partial charge in [-0.05, 0) is 52.0 Å². The van der Waals surface area contributed by atoms with E-state index in [-0.39, 0.29) is 16.9 Å². The number of carbonyl (C=O) groups excluding carboxylic acids is 1. The van der Waals surface area contributed by atoms with Gasteiger partial charge in [0.1, 0.15) is 5.82 Å². The molecule has 25 heavy (non-hydrogen) atoms. The molecule has 130 valence electrons. The summed E-state index contributed by atoms with van der Waals surface area (Å²) >= 11 is 0. The highest BCUT2D eigenvalue weighted by Gasteiger charge is 2.52. The van der Waals surface area contributed by atoms with Crippen molar-refractivity contribution in [2.45, 2.75) is 38.9 Å². The smallest absolute Gasteiger partial charge is 0.399 e. The quantitative estimate of drug-likeness (QED) is 0.871. The summed E-state index contributed by atoms with van der Waals surface area (Å²) < 4.78 is 26.3. The van der Waals surface area contributed by atoms with Gasteiger partial charge in [0.15, 0.2) is 0 Å². The number of carbonyl (C=O) groups is 1.